The standard InChI is InChI=1S/C16H17FN2O/c1-3-18-14-7-5-4-6-13(14)16(20)19-15-10-12(17)9-8-11(15)2/h4-10,18H,3H2,1-2H3,(H,19,20). The lowest BCUT2D eigenvalue weighted by molar-refractivity contribution is 0.102. The molecule has 0 heterocycles. The van der Waals surface area contributed by atoms with Crippen molar-refractivity contribution in [2.75, 3.05) is 17.2 Å². The van der Waals surface area contributed by atoms with Gasteiger partial charge in [0.2, 0.25) is 0 Å². The minimum atomic E-state index is -0.370. The molecule has 0 saturated heterocycles. The molecular formula is C16H17FN2O. The van der Waals surface area contributed by atoms with Crippen LogP contribution in [0.3, 0.4) is 0 Å². The fourth-order valence-corrected chi connectivity index (χ4v) is 1.94. The lowest BCUT2D eigenvalue weighted by Crippen LogP contribution is -2.15. The van der Waals surface area contributed by atoms with Crippen LogP contribution in [0.5, 0.6) is 0 Å². The van der Waals surface area contributed by atoms with Crippen molar-refractivity contribution in [2.45, 2.75) is 13.8 Å². The first kappa shape index (κ1) is 14.1. The van der Waals surface area contributed by atoms with Crippen molar-refractivity contribution < 1.29 is 9.18 Å². The van der Waals surface area contributed by atoms with Gasteiger partial charge in [0.15, 0.2) is 0 Å². The highest BCUT2D eigenvalue weighted by molar-refractivity contribution is 6.08. The van der Waals surface area contributed by atoms with E-state index >= 15 is 0 Å². The molecule has 0 aliphatic carbocycles. The number of hydrogen-bond donors (Lipinski definition) is 2. The first-order chi connectivity index (χ1) is 9.61. The van der Waals surface area contributed by atoms with Crippen molar-refractivity contribution in [1.29, 1.82) is 0 Å². The Hall–Kier alpha value is -2.36. The maximum Gasteiger partial charge on any atom is 0.257 e. The van der Waals surface area contributed by atoms with Crippen LogP contribution in [0.15, 0.2) is 42.5 Å². The average molecular weight is 272 g/mol. The quantitative estimate of drug-likeness (QED) is 0.888. The van der Waals surface area contributed by atoms with Gasteiger partial charge < -0.3 is 10.6 Å². The van der Waals surface area contributed by atoms with Crippen molar-refractivity contribution in [1.82, 2.24) is 0 Å². The molecule has 2 N–H and O–H groups in total. The lowest BCUT2D eigenvalue weighted by Gasteiger charge is -2.12. The maximum absolute atomic E-state index is 13.2. The highest BCUT2D eigenvalue weighted by Crippen LogP contribution is 2.20. The predicted octanol–water partition coefficient (Wildman–Crippen LogP) is 3.82. The van der Waals surface area contributed by atoms with Gasteiger partial charge in [-0.15, -0.1) is 0 Å². The summed E-state index contributed by atoms with van der Waals surface area (Å²) in [6.45, 7) is 4.51. The van der Waals surface area contributed by atoms with E-state index in [4.69, 9.17) is 0 Å². The SMILES string of the molecule is CCNc1ccccc1C(=O)Nc1cc(F)ccc1C. The summed E-state index contributed by atoms with van der Waals surface area (Å²) in [7, 11) is 0. The van der Waals surface area contributed by atoms with E-state index in [2.05, 4.69) is 10.6 Å². The summed E-state index contributed by atoms with van der Waals surface area (Å²) < 4.78 is 13.2. The fourth-order valence-electron chi connectivity index (χ4n) is 1.94. The zero-order valence-electron chi connectivity index (χ0n) is 11.5. The van der Waals surface area contributed by atoms with Crippen molar-refractivity contribution >= 4 is 17.3 Å². The van der Waals surface area contributed by atoms with Crippen LogP contribution in [0.4, 0.5) is 15.8 Å². The normalized spacial score (nSPS) is 10.2. The summed E-state index contributed by atoms with van der Waals surface area (Å²) in [5.41, 5.74) is 2.61. The Morgan fingerprint density at radius 3 is 2.65 bits per heavy atom. The molecule has 0 unspecified atom stereocenters. The lowest BCUT2D eigenvalue weighted by atomic mass is 10.1. The Labute approximate surface area is 117 Å². The summed E-state index contributed by atoms with van der Waals surface area (Å²) in [4.78, 5) is 12.3. The Morgan fingerprint density at radius 2 is 1.90 bits per heavy atom. The Balaban J connectivity index is 2.26. The molecule has 3 nitrogen and oxygen atoms in total. The molecule has 0 radical (unpaired) electrons. The second kappa shape index (κ2) is 6.19. The van der Waals surface area contributed by atoms with Crippen LogP contribution in [0.2, 0.25) is 0 Å². The number of benzene rings is 2. The summed E-state index contributed by atoms with van der Waals surface area (Å²) in [6.07, 6.45) is 0. The molecule has 0 bridgehead atoms. The third kappa shape index (κ3) is 3.15. The van der Waals surface area contributed by atoms with Gasteiger partial charge in [-0.3, -0.25) is 4.79 Å². The molecule has 20 heavy (non-hydrogen) atoms. The number of amides is 1. The third-order valence-corrected chi connectivity index (χ3v) is 2.99. The minimum absolute atomic E-state index is 0.254. The molecule has 2 aromatic carbocycles. The molecule has 0 aliphatic heterocycles. The van der Waals surface area contributed by atoms with Crippen LogP contribution < -0.4 is 10.6 Å². The molecule has 1 amide bonds. The first-order valence-corrected chi connectivity index (χ1v) is 6.52. The van der Waals surface area contributed by atoms with Crippen LogP contribution in [-0.2, 0) is 0 Å². The van der Waals surface area contributed by atoms with Gasteiger partial charge in [-0.1, -0.05) is 18.2 Å². The molecule has 0 aliphatic rings. The average Bonchev–Trinajstić information content (AvgIpc) is 2.44. The second-order valence-corrected chi connectivity index (χ2v) is 4.49. The summed E-state index contributed by atoms with van der Waals surface area (Å²) in [5, 5.41) is 5.88. The van der Waals surface area contributed by atoms with Gasteiger partial charge in [-0.25, -0.2) is 4.39 Å². The molecule has 2 aromatic rings. The topological polar surface area (TPSA) is 41.1 Å². The largest absolute Gasteiger partial charge is 0.385 e. The number of rotatable bonds is 4. The number of aryl methyl sites for hydroxylation is 1. The first-order valence-electron chi connectivity index (χ1n) is 6.52. The van der Waals surface area contributed by atoms with Crippen LogP contribution in [0.25, 0.3) is 0 Å². The highest BCUT2D eigenvalue weighted by atomic mass is 19.1. The van der Waals surface area contributed by atoms with E-state index in [0.717, 1.165) is 17.8 Å². The maximum atomic E-state index is 13.2. The number of carbonyl (C=O) groups excluding carboxylic acids is 1. The van der Waals surface area contributed by atoms with Crippen LogP contribution in [0, 0.1) is 12.7 Å². The van der Waals surface area contributed by atoms with E-state index in [0.29, 0.717) is 11.3 Å². The van der Waals surface area contributed by atoms with Gasteiger partial charge >= 0.3 is 0 Å². The van der Waals surface area contributed by atoms with Gasteiger partial charge in [0, 0.05) is 17.9 Å². The molecule has 0 aromatic heterocycles. The third-order valence-electron chi connectivity index (χ3n) is 2.99. The van der Waals surface area contributed by atoms with Crippen molar-refractivity contribution in [3.63, 3.8) is 0 Å². The minimum Gasteiger partial charge on any atom is -0.385 e. The van der Waals surface area contributed by atoms with Crippen LogP contribution >= 0.6 is 0 Å². The molecule has 0 saturated carbocycles. The zero-order valence-corrected chi connectivity index (χ0v) is 11.5. The van der Waals surface area contributed by atoms with Crippen molar-refractivity contribution in [2.24, 2.45) is 0 Å². The smallest absolute Gasteiger partial charge is 0.257 e. The number of carbonyl (C=O) groups is 1. The number of hydrogen-bond acceptors (Lipinski definition) is 2. The van der Waals surface area contributed by atoms with Gasteiger partial charge in [0.25, 0.3) is 5.91 Å². The summed E-state index contributed by atoms with van der Waals surface area (Å²) in [6, 6.07) is 11.6. The molecule has 4 heteroatoms. The van der Waals surface area contributed by atoms with Crippen molar-refractivity contribution in [3.05, 3.63) is 59.4 Å². The number of nitrogens with one attached hydrogen (secondary N) is 2. The molecule has 0 spiro atoms. The van der Waals surface area contributed by atoms with Crippen LogP contribution in [0.1, 0.15) is 22.8 Å². The van der Waals surface area contributed by atoms with E-state index in [1.807, 2.05) is 26.0 Å². The zero-order chi connectivity index (χ0) is 14.5. The summed E-state index contributed by atoms with van der Waals surface area (Å²) >= 11 is 0. The number of anilines is 2. The van der Waals surface area contributed by atoms with Gasteiger partial charge in [0.1, 0.15) is 5.82 Å². The molecule has 2 rings (SSSR count). The van der Waals surface area contributed by atoms with E-state index in [9.17, 15) is 9.18 Å². The Bertz CT molecular complexity index is 626. The van der Waals surface area contributed by atoms with E-state index < -0.39 is 0 Å². The molecule has 0 atom stereocenters. The van der Waals surface area contributed by atoms with Gasteiger partial charge in [-0.05, 0) is 43.7 Å². The predicted molar refractivity (Wildman–Crippen MR) is 79.7 cm³/mol. The van der Waals surface area contributed by atoms with Gasteiger partial charge in [-0.2, -0.15) is 0 Å². The number of halogens is 1. The fraction of sp³-hybridized carbons (Fsp3) is 0.188. The monoisotopic (exact) mass is 272 g/mol. The molecule has 0 fully saturated rings. The Morgan fingerprint density at radius 1 is 1.15 bits per heavy atom. The van der Waals surface area contributed by atoms with E-state index in [-0.39, 0.29) is 11.7 Å². The highest BCUT2D eigenvalue weighted by Gasteiger charge is 2.12. The second-order valence-electron chi connectivity index (χ2n) is 4.49. The van der Waals surface area contributed by atoms with Gasteiger partial charge in [0.05, 0.1) is 5.56 Å². The van der Waals surface area contributed by atoms with Crippen LogP contribution in [-0.4, -0.2) is 12.5 Å². The summed E-state index contributed by atoms with van der Waals surface area (Å²) in [5.74, 6) is -0.624. The van der Waals surface area contributed by atoms with Crippen molar-refractivity contribution in [3.8, 4) is 0 Å². The Kier molecular flexibility index (Phi) is 4.35. The van der Waals surface area contributed by atoms with E-state index in [1.165, 1.54) is 12.1 Å². The number of para-hydroxylation sites is 1. The molecular weight excluding hydrogens is 255 g/mol. The molecule has 104 valence electrons. The van der Waals surface area contributed by atoms with E-state index in [1.54, 1.807) is 18.2 Å².